The van der Waals surface area contributed by atoms with Crippen molar-refractivity contribution in [3.63, 3.8) is 0 Å². The molecule has 0 radical (unpaired) electrons. The minimum Gasteiger partial charge on any atom is -0.569 e. The lowest BCUT2D eigenvalue weighted by molar-refractivity contribution is -0.618. The van der Waals surface area contributed by atoms with Crippen molar-refractivity contribution in [2.45, 2.75) is 38.1 Å². The van der Waals surface area contributed by atoms with Gasteiger partial charge in [-0.05, 0) is 12.8 Å². The number of rotatable bonds is 2. The third-order valence-electron chi connectivity index (χ3n) is 1.98. The molecule has 1 aliphatic carbocycles. The second-order valence-electron chi connectivity index (χ2n) is 2.83. The van der Waals surface area contributed by atoms with Crippen molar-refractivity contribution in [2.75, 3.05) is 0 Å². The molecule has 1 rings (SSSR count). The van der Waals surface area contributed by atoms with E-state index in [0.717, 1.165) is 25.7 Å². The minimum absolute atomic E-state index is 0.121. The fraction of sp³-hybridized carbons (Fsp3) is 1.00. The molecule has 64 valence electrons. The van der Waals surface area contributed by atoms with Crippen molar-refractivity contribution in [1.29, 1.82) is 0 Å². The van der Waals surface area contributed by atoms with Crippen LogP contribution in [0.2, 0.25) is 0 Å². The number of hydrogen-bond donors (Lipinski definition) is 2. The molecule has 0 atom stereocenters. The van der Waals surface area contributed by atoms with Gasteiger partial charge in [-0.3, -0.25) is 0 Å². The molecular formula is C6H13N3O2. The van der Waals surface area contributed by atoms with Crippen molar-refractivity contribution < 1.29 is 10.2 Å². The van der Waals surface area contributed by atoms with Crippen LogP contribution < -0.4 is 5.43 Å². The first-order chi connectivity index (χ1) is 5.33. The number of hydrogen-bond acceptors (Lipinski definition) is 2. The Morgan fingerprint density at radius 3 is 2.55 bits per heavy atom. The molecule has 0 aromatic heterocycles. The smallest absolute Gasteiger partial charge is 0.230 e. The van der Waals surface area contributed by atoms with Crippen molar-refractivity contribution in [3.05, 3.63) is 5.21 Å². The molecule has 0 bridgehead atoms. The normalized spacial score (nSPS) is 21.6. The molecule has 0 unspecified atom stereocenters. The second kappa shape index (κ2) is 4.00. The van der Waals surface area contributed by atoms with Crippen LogP contribution in [0.3, 0.4) is 0 Å². The minimum atomic E-state index is 0.121. The van der Waals surface area contributed by atoms with E-state index in [2.05, 4.69) is 10.7 Å². The number of nitrogens with one attached hydrogen (secondary N) is 1. The number of nitrogens with zero attached hydrogens (tertiary/aromatic N) is 2. The number of hydrazine groups is 1. The molecular weight excluding hydrogens is 146 g/mol. The highest BCUT2D eigenvalue weighted by Crippen LogP contribution is 2.16. The molecule has 1 aliphatic rings. The van der Waals surface area contributed by atoms with Gasteiger partial charge < -0.3 is 10.4 Å². The van der Waals surface area contributed by atoms with Crippen molar-refractivity contribution >= 4 is 0 Å². The monoisotopic (exact) mass is 159 g/mol. The zero-order valence-corrected chi connectivity index (χ0v) is 6.36. The quantitative estimate of drug-likeness (QED) is 0.361. The molecule has 11 heavy (non-hydrogen) atoms. The molecule has 0 aromatic carbocycles. The Morgan fingerprint density at radius 1 is 1.36 bits per heavy atom. The van der Waals surface area contributed by atoms with Gasteiger partial charge in [0.15, 0.2) is 0 Å². The van der Waals surface area contributed by atoms with Gasteiger partial charge in [0.2, 0.25) is 5.28 Å². The lowest BCUT2D eigenvalue weighted by Gasteiger charge is -2.19. The van der Waals surface area contributed by atoms with Gasteiger partial charge in [-0.2, -0.15) is 5.43 Å². The van der Waals surface area contributed by atoms with Crippen LogP contribution in [0.15, 0.2) is 5.28 Å². The van der Waals surface area contributed by atoms with E-state index in [4.69, 9.17) is 5.21 Å². The summed E-state index contributed by atoms with van der Waals surface area (Å²) in [5.41, 5.74) is 2.53. The third-order valence-corrected chi connectivity index (χ3v) is 1.98. The fourth-order valence-electron chi connectivity index (χ4n) is 1.41. The van der Waals surface area contributed by atoms with E-state index >= 15 is 0 Å². The first-order valence-electron chi connectivity index (χ1n) is 3.91. The van der Waals surface area contributed by atoms with E-state index in [1.807, 2.05) is 0 Å². The summed E-state index contributed by atoms with van der Waals surface area (Å²) >= 11 is 0. The molecule has 5 nitrogen and oxygen atoms in total. The van der Waals surface area contributed by atoms with E-state index in [1.165, 1.54) is 6.42 Å². The fourth-order valence-corrected chi connectivity index (χ4v) is 1.41. The van der Waals surface area contributed by atoms with Crippen molar-refractivity contribution in [1.82, 2.24) is 5.43 Å². The van der Waals surface area contributed by atoms with Crippen LogP contribution >= 0.6 is 0 Å². The van der Waals surface area contributed by atoms with Crippen LogP contribution in [0.1, 0.15) is 32.1 Å². The summed E-state index contributed by atoms with van der Waals surface area (Å²) in [6.07, 6.45) is 5.53. The maximum absolute atomic E-state index is 10.5. The molecule has 0 saturated heterocycles. The molecule has 1 saturated carbocycles. The van der Waals surface area contributed by atoms with Crippen LogP contribution in [0.25, 0.3) is 0 Å². The van der Waals surface area contributed by atoms with Gasteiger partial charge in [-0.25, -0.2) is 0 Å². The van der Waals surface area contributed by atoms with E-state index in [-0.39, 0.29) is 11.0 Å². The summed E-state index contributed by atoms with van der Waals surface area (Å²) < 4.78 is 0. The van der Waals surface area contributed by atoms with Gasteiger partial charge >= 0.3 is 0 Å². The average molecular weight is 159 g/mol. The largest absolute Gasteiger partial charge is 0.569 e. The zero-order valence-electron chi connectivity index (χ0n) is 6.36. The summed E-state index contributed by atoms with van der Waals surface area (Å²) in [5.74, 6) is 0. The summed E-state index contributed by atoms with van der Waals surface area (Å²) in [7, 11) is 0. The van der Waals surface area contributed by atoms with Gasteiger partial charge in [-0.1, -0.05) is 19.3 Å². The van der Waals surface area contributed by atoms with E-state index < -0.39 is 0 Å². The second-order valence-corrected chi connectivity index (χ2v) is 2.83. The standard InChI is InChI=1S/C6H13N3O2/c10-8-9(11)7-6-4-2-1-3-5-6/h6,10H,1-5H2,(H,7,8). The van der Waals surface area contributed by atoms with E-state index in [9.17, 15) is 5.21 Å². The Bertz CT molecular complexity index is 143. The lowest BCUT2D eigenvalue weighted by atomic mass is 9.96. The molecule has 0 heterocycles. The summed E-state index contributed by atoms with van der Waals surface area (Å²) in [4.78, 5) is 0.121. The highest BCUT2D eigenvalue weighted by molar-refractivity contribution is 4.67. The first-order valence-corrected chi connectivity index (χ1v) is 3.91. The molecule has 0 amide bonds. The molecule has 0 aliphatic heterocycles. The first kappa shape index (κ1) is 8.10. The Hall–Kier alpha value is -1.00. The van der Waals surface area contributed by atoms with Crippen LogP contribution in [0.5, 0.6) is 0 Å². The van der Waals surface area contributed by atoms with E-state index in [0.29, 0.717) is 0 Å². The zero-order chi connectivity index (χ0) is 8.10. The van der Waals surface area contributed by atoms with Gasteiger partial charge in [0, 0.05) is 0 Å². The van der Waals surface area contributed by atoms with Crippen LogP contribution in [0, 0.1) is 5.21 Å². The molecule has 0 aromatic rings. The SMILES string of the molecule is [O-][N+](=NO)NC1CCCCC1. The molecule has 5 heteroatoms. The summed E-state index contributed by atoms with van der Waals surface area (Å²) in [5, 5.41) is 21.0. The van der Waals surface area contributed by atoms with Gasteiger partial charge in [-0.15, -0.1) is 0 Å². The summed E-state index contributed by atoms with van der Waals surface area (Å²) in [6, 6.07) is 0.192. The Morgan fingerprint density at radius 2 is 2.00 bits per heavy atom. The Kier molecular flexibility index (Phi) is 2.95. The van der Waals surface area contributed by atoms with Gasteiger partial charge in [0.05, 0.1) is 11.0 Å². The Labute approximate surface area is 65.2 Å². The summed E-state index contributed by atoms with van der Waals surface area (Å²) in [6.45, 7) is 0. The van der Waals surface area contributed by atoms with Crippen LogP contribution in [-0.4, -0.2) is 16.2 Å². The molecule has 2 N–H and O–H groups in total. The van der Waals surface area contributed by atoms with Crippen LogP contribution in [-0.2, 0) is 0 Å². The predicted molar refractivity (Wildman–Crippen MR) is 37.9 cm³/mol. The van der Waals surface area contributed by atoms with Crippen molar-refractivity contribution in [3.8, 4) is 0 Å². The molecule has 1 fully saturated rings. The maximum Gasteiger partial charge on any atom is 0.230 e. The predicted octanol–water partition coefficient (Wildman–Crippen LogP) is 1.18. The molecule has 0 spiro atoms. The Balaban J connectivity index is 2.24. The topological polar surface area (TPSA) is 70.7 Å². The average Bonchev–Trinajstić information content (AvgIpc) is 2.06. The lowest BCUT2D eigenvalue weighted by Crippen LogP contribution is -2.35. The highest BCUT2D eigenvalue weighted by atomic mass is 16.6. The van der Waals surface area contributed by atoms with E-state index in [1.54, 1.807) is 0 Å². The van der Waals surface area contributed by atoms with Crippen molar-refractivity contribution in [2.24, 2.45) is 5.28 Å². The maximum atomic E-state index is 10.5. The van der Waals surface area contributed by atoms with Gasteiger partial charge in [0.25, 0.3) is 0 Å². The van der Waals surface area contributed by atoms with Crippen LogP contribution in [0.4, 0.5) is 0 Å². The highest BCUT2D eigenvalue weighted by Gasteiger charge is 2.15. The van der Waals surface area contributed by atoms with Gasteiger partial charge in [0.1, 0.15) is 0 Å². The third kappa shape index (κ3) is 2.61.